The third-order valence-corrected chi connectivity index (χ3v) is 4.23. The fraction of sp³-hybridized carbons (Fsp3) is 0.294. The highest BCUT2D eigenvalue weighted by atomic mass is 35.5. The predicted octanol–water partition coefficient (Wildman–Crippen LogP) is 5.60. The molecule has 1 unspecified atom stereocenters. The van der Waals surface area contributed by atoms with Crippen LogP contribution in [0.3, 0.4) is 0 Å². The van der Waals surface area contributed by atoms with E-state index in [4.69, 9.17) is 27.9 Å². The van der Waals surface area contributed by atoms with Crippen LogP contribution in [0.1, 0.15) is 33.2 Å². The van der Waals surface area contributed by atoms with Crippen LogP contribution in [0.4, 0.5) is 0 Å². The van der Waals surface area contributed by atoms with Crippen LogP contribution in [0.5, 0.6) is 5.75 Å². The molecule has 0 aliphatic rings. The first kappa shape index (κ1) is 15.2. The normalized spacial score (nSPS) is 12.3. The minimum absolute atomic E-state index is 0.209. The Bertz CT molecular complexity index is 612. The largest absolute Gasteiger partial charge is 0.495 e. The second-order valence-corrected chi connectivity index (χ2v) is 5.91. The van der Waals surface area contributed by atoms with Crippen LogP contribution in [0.2, 0.25) is 5.02 Å². The SMILES string of the molecule is COc1ccc(C(Cl)c2c(C)cc(C)cc2C)cc1Cl. The minimum Gasteiger partial charge on any atom is -0.495 e. The minimum atomic E-state index is -0.209. The van der Waals surface area contributed by atoms with Gasteiger partial charge in [0, 0.05) is 0 Å². The van der Waals surface area contributed by atoms with E-state index >= 15 is 0 Å². The Kier molecular flexibility index (Phi) is 4.62. The number of alkyl halides is 1. The van der Waals surface area contributed by atoms with Gasteiger partial charge in [0.05, 0.1) is 17.5 Å². The first-order valence-electron chi connectivity index (χ1n) is 6.49. The zero-order valence-corrected chi connectivity index (χ0v) is 13.6. The molecule has 0 heterocycles. The Morgan fingerprint density at radius 3 is 2.10 bits per heavy atom. The van der Waals surface area contributed by atoms with Crippen molar-refractivity contribution in [3.8, 4) is 5.75 Å². The summed E-state index contributed by atoms with van der Waals surface area (Å²) in [6.07, 6.45) is 0. The number of halogens is 2. The third-order valence-electron chi connectivity index (χ3n) is 3.46. The van der Waals surface area contributed by atoms with Gasteiger partial charge in [0.15, 0.2) is 0 Å². The standard InChI is InChI=1S/C17H18Cl2O/c1-10-7-11(2)16(12(3)8-10)17(19)13-5-6-15(20-4)14(18)9-13/h5-9,17H,1-4H3. The van der Waals surface area contributed by atoms with Crippen LogP contribution >= 0.6 is 23.2 Å². The van der Waals surface area contributed by atoms with E-state index in [2.05, 4.69) is 32.9 Å². The number of methoxy groups -OCH3 is 1. The summed E-state index contributed by atoms with van der Waals surface area (Å²) in [6.45, 7) is 6.28. The number of aryl methyl sites for hydroxylation is 3. The summed E-state index contributed by atoms with van der Waals surface area (Å²) in [6, 6.07) is 10.00. The van der Waals surface area contributed by atoms with Crippen LogP contribution < -0.4 is 4.74 Å². The predicted molar refractivity (Wildman–Crippen MR) is 86.4 cm³/mol. The van der Waals surface area contributed by atoms with Crippen molar-refractivity contribution in [1.29, 1.82) is 0 Å². The maximum Gasteiger partial charge on any atom is 0.137 e. The van der Waals surface area contributed by atoms with Crippen LogP contribution in [0, 0.1) is 20.8 Å². The maximum absolute atomic E-state index is 6.66. The lowest BCUT2D eigenvalue weighted by Gasteiger charge is -2.18. The summed E-state index contributed by atoms with van der Waals surface area (Å²) in [7, 11) is 1.60. The molecule has 0 aliphatic carbocycles. The van der Waals surface area contributed by atoms with E-state index in [9.17, 15) is 0 Å². The van der Waals surface area contributed by atoms with Crippen molar-refractivity contribution in [2.45, 2.75) is 26.1 Å². The Hall–Kier alpha value is -1.18. The molecule has 0 radical (unpaired) electrons. The molecule has 0 fully saturated rings. The molecular weight excluding hydrogens is 291 g/mol. The number of hydrogen-bond donors (Lipinski definition) is 0. The molecule has 106 valence electrons. The molecule has 2 aromatic carbocycles. The van der Waals surface area contributed by atoms with Gasteiger partial charge in [-0.25, -0.2) is 0 Å². The van der Waals surface area contributed by atoms with Crippen LogP contribution in [-0.4, -0.2) is 7.11 Å². The van der Waals surface area contributed by atoms with E-state index in [0.29, 0.717) is 10.8 Å². The second-order valence-electron chi connectivity index (χ2n) is 5.07. The molecule has 0 aromatic heterocycles. The molecule has 0 N–H and O–H groups in total. The fourth-order valence-electron chi connectivity index (χ4n) is 2.60. The lowest BCUT2D eigenvalue weighted by molar-refractivity contribution is 0.415. The van der Waals surface area contributed by atoms with E-state index in [1.54, 1.807) is 7.11 Å². The van der Waals surface area contributed by atoms with Gasteiger partial charge in [0.2, 0.25) is 0 Å². The van der Waals surface area contributed by atoms with Crippen LogP contribution in [0.25, 0.3) is 0 Å². The molecule has 0 aliphatic heterocycles. The van der Waals surface area contributed by atoms with Crippen molar-refractivity contribution in [1.82, 2.24) is 0 Å². The molecule has 2 aromatic rings. The molecule has 2 rings (SSSR count). The van der Waals surface area contributed by atoms with E-state index in [0.717, 1.165) is 11.1 Å². The fourth-order valence-corrected chi connectivity index (χ4v) is 3.34. The van der Waals surface area contributed by atoms with Gasteiger partial charge in [-0.05, 0) is 55.2 Å². The van der Waals surface area contributed by atoms with E-state index in [-0.39, 0.29) is 5.38 Å². The smallest absolute Gasteiger partial charge is 0.137 e. The maximum atomic E-state index is 6.66. The summed E-state index contributed by atoms with van der Waals surface area (Å²) < 4.78 is 5.17. The number of ether oxygens (including phenoxy) is 1. The summed E-state index contributed by atoms with van der Waals surface area (Å²) in [5.74, 6) is 0.664. The number of benzene rings is 2. The van der Waals surface area contributed by atoms with Crippen molar-refractivity contribution in [2.75, 3.05) is 7.11 Å². The summed E-state index contributed by atoms with van der Waals surface area (Å²) >= 11 is 12.8. The Balaban J connectivity index is 2.46. The van der Waals surface area contributed by atoms with Crippen molar-refractivity contribution >= 4 is 23.2 Å². The summed E-state index contributed by atoms with van der Waals surface area (Å²) in [4.78, 5) is 0. The molecule has 1 atom stereocenters. The molecule has 0 spiro atoms. The Morgan fingerprint density at radius 1 is 1.00 bits per heavy atom. The van der Waals surface area contributed by atoms with Crippen molar-refractivity contribution < 1.29 is 4.74 Å². The zero-order chi connectivity index (χ0) is 14.9. The average Bonchev–Trinajstić information content (AvgIpc) is 2.37. The monoisotopic (exact) mass is 308 g/mol. The molecule has 0 amide bonds. The van der Waals surface area contributed by atoms with Gasteiger partial charge >= 0.3 is 0 Å². The molecule has 3 heteroatoms. The van der Waals surface area contributed by atoms with E-state index in [1.807, 2.05) is 18.2 Å². The van der Waals surface area contributed by atoms with Crippen molar-refractivity contribution in [2.24, 2.45) is 0 Å². The van der Waals surface area contributed by atoms with Crippen molar-refractivity contribution in [3.05, 3.63) is 63.2 Å². The molecule has 20 heavy (non-hydrogen) atoms. The highest BCUT2D eigenvalue weighted by Crippen LogP contribution is 2.37. The second kappa shape index (κ2) is 6.07. The van der Waals surface area contributed by atoms with Gasteiger partial charge in [-0.2, -0.15) is 0 Å². The quantitative estimate of drug-likeness (QED) is 0.670. The number of hydrogen-bond acceptors (Lipinski definition) is 1. The Morgan fingerprint density at radius 2 is 1.60 bits per heavy atom. The molecule has 0 saturated heterocycles. The van der Waals surface area contributed by atoms with Crippen LogP contribution in [-0.2, 0) is 0 Å². The molecule has 1 nitrogen and oxygen atoms in total. The van der Waals surface area contributed by atoms with Gasteiger partial charge < -0.3 is 4.74 Å². The topological polar surface area (TPSA) is 9.23 Å². The highest BCUT2D eigenvalue weighted by Gasteiger charge is 2.17. The van der Waals surface area contributed by atoms with Gasteiger partial charge in [-0.1, -0.05) is 35.4 Å². The van der Waals surface area contributed by atoms with E-state index in [1.165, 1.54) is 16.7 Å². The van der Waals surface area contributed by atoms with Crippen molar-refractivity contribution in [3.63, 3.8) is 0 Å². The van der Waals surface area contributed by atoms with Gasteiger partial charge in [-0.3, -0.25) is 0 Å². The highest BCUT2D eigenvalue weighted by molar-refractivity contribution is 6.32. The van der Waals surface area contributed by atoms with Gasteiger partial charge in [0.25, 0.3) is 0 Å². The molecule has 0 saturated carbocycles. The summed E-state index contributed by atoms with van der Waals surface area (Å²) in [5, 5.41) is 0.372. The first-order valence-corrected chi connectivity index (χ1v) is 7.30. The summed E-state index contributed by atoms with van der Waals surface area (Å²) in [5.41, 5.74) is 5.79. The zero-order valence-electron chi connectivity index (χ0n) is 12.1. The number of rotatable bonds is 3. The van der Waals surface area contributed by atoms with Gasteiger partial charge in [0.1, 0.15) is 5.75 Å². The molecule has 0 bridgehead atoms. The van der Waals surface area contributed by atoms with Gasteiger partial charge in [-0.15, -0.1) is 11.6 Å². The lowest BCUT2D eigenvalue weighted by atomic mass is 9.94. The van der Waals surface area contributed by atoms with Crippen LogP contribution in [0.15, 0.2) is 30.3 Å². The Labute approximate surface area is 130 Å². The third kappa shape index (κ3) is 2.94. The average molecular weight is 309 g/mol. The lowest BCUT2D eigenvalue weighted by Crippen LogP contribution is -2.01. The molecular formula is C17H18Cl2O. The van der Waals surface area contributed by atoms with E-state index < -0.39 is 0 Å². The first-order chi connectivity index (χ1) is 9.43.